The number of fused-ring (bicyclic) bond motifs is 2. The van der Waals surface area contributed by atoms with E-state index in [1.807, 2.05) is 92.2 Å². The zero-order valence-electron chi connectivity index (χ0n) is 20.3. The number of nitrogens with zero attached hydrogens (tertiary/aromatic N) is 3. The molecule has 5 rings (SSSR count). The third kappa shape index (κ3) is 4.32. The molecule has 6 heteroatoms. The van der Waals surface area contributed by atoms with E-state index in [2.05, 4.69) is 17.4 Å². The van der Waals surface area contributed by atoms with Gasteiger partial charge < -0.3 is 14.8 Å². The second kappa shape index (κ2) is 9.37. The number of aromatic nitrogens is 2. The summed E-state index contributed by atoms with van der Waals surface area (Å²) < 4.78 is 2.05. The zero-order chi connectivity index (χ0) is 24.5. The highest BCUT2D eigenvalue weighted by Gasteiger charge is 2.39. The summed E-state index contributed by atoms with van der Waals surface area (Å²) in [5, 5.41) is 3.27. The predicted molar refractivity (Wildman–Crippen MR) is 137 cm³/mol. The maximum Gasteiger partial charge on any atom is 0.255 e. The van der Waals surface area contributed by atoms with Gasteiger partial charge >= 0.3 is 0 Å². The SMILES string of the molecule is CC(C)[C@H](C(=O)N[C@H](Cc1ccccc1)c1nc2ccccc2n1C)N1Cc2ccccc2C1=O. The molecule has 6 nitrogen and oxygen atoms in total. The van der Waals surface area contributed by atoms with Crippen LogP contribution in [-0.4, -0.2) is 32.3 Å². The van der Waals surface area contributed by atoms with Gasteiger partial charge in [-0.1, -0.05) is 74.5 Å². The lowest BCUT2D eigenvalue weighted by molar-refractivity contribution is -0.128. The summed E-state index contributed by atoms with van der Waals surface area (Å²) in [5.74, 6) is 0.499. The summed E-state index contributed by atoms with van der Waals surface area (Å²) in [6, 6.07) is 24.7. The minimum Gasteiger partial charge on any atom is -0.344 e. The fourth-order valence-corrected chi connectivity index (χ4v) is 5.10. The molecule has 178 valence electrons. The molecule has 1 aromatic heterocycles. The molecule has 2 atom stereocenters. The number of aryl methyl sites for hydroxylation is 1. The molecular weight excluding hydrogens is 436 g/mol. The van der Waals surface area contributed by atoms with E-state index in [9.17, 15) is 9.59 Å². The lowest BCUT2D eigenvalue weighted by Crippen LogP contribution is -2.51. The fraction of sp³-hybridized carbons (Fsp3) is 0.276. The number of hydrogen-bond donors (Lipinski definition) is 1. The molecule has 35 heavy (non-hydrogen) atoms. The molecule has 3 aromatic carbocycles. The van der Waals surface area contributed by atoms with Crippen molar-refractivity contribution in [2.75, 3.05) is 0 Å². The Hall–Kier alpha value is -3.93. The number of carbonyl (C=O) groups excluding carboxylic acids is 2. The minimum atomic E-state index is -0.581. The van der Waals surface area contributed by atoms with E-state index in [4.69, 9.17) is 4.98 Å². The van der Waals surface area contributed by atoms with Gasteiger partial charge in [0, 0.05) is 19.2 Å². The predicted octanol–water partition coefficient (Wildman–Crippen LogP) is 4.65. The van der Waals surface area contributed by atoms with Crippen LogP contribution in [0.25, 0.3) is 11.0 Å². The van der Waals surface area contributed by atoms with E-state index in [-0.39, 0.29) is 23.8 Å². The normalized spacial score (nSPS) is 14.9. The number of carbonyl (C=O) groups is 2. The van der Waals surface area contributed by atoms with E-state index in [0.29, 0.717) is 18.5 Å². The number of imidazole rings is 1. The monoisotopic (exact) mass is 466 g/mol. The van der Waals surface area contributed by atoms with Crippen molar-refractivity contribution in [3.05, 3.63) is 101 Å². The Morgan fingerprint density at radius 1 is 0.971 bits per heavy atom. The Kier molecular flexibility index (Phi) is 6.12. The average Bonchev–Trinajstić information content (AvgIpc) is 3.36. The topological polar surface area (TPSA) is 67.2 Å². The quantitative estimate of drug-likeness (QED) is 0.431. The molecule has 0 saturated carbocycles. The van der Waals surface area contributed by atoms with Gasteiger partial charge in [0.05, 0.1) is 17.1 Å². The Morgan fingerprint density at radius 2 is 1.66 bits per heavy atom. The van der Waals surface area contributed by atoms with Crippen LogP contribution in [0.4, 0.5) is 0 Å². The molecule has 1 N–H and O–H groups in total. The summed E-state index contributed by atoms with van der Waals surface area (Å²) >= 11 is 0. The van der Waals surface area contributed by atoms with Gasteiger partial charge in [0.15, 0.2) is 0 Å². The van der Waals surface area contributed by atoms with Crippen LogP contribution in [0.15, 0.2) is 78.9 Å². The van der Waals surface area contributed by atoms with Gasteiger partial charge in [0.1, 0.15) is 11.9 Å². The van der Waals surface area contributed by atoms with Crippen molar-refractivity contribution >= 4 is 22.8 Å². The molecule has 2 amide bonds. The minimum absolute atomic E-state index is 0.0499. The van der Waals surface area contributed by atoms with Crippen molar-refractivity contribution in [1.82, 2.24) is 19.8 Å². The van der Waals surface area contributed by atoms with E-state index < -0.39 is 6.04 Å². The highest BCUT2D eigenvalue weighted by atomic mass is 16.2. The van der Waals surface area contributed by atoms with Gasteiger partial charge in [0.2, 0.25) is 5.91 Å². The van der Waals surface area contributed by atoms with Crippen LogP contribution in [0.2, 0.25) is 0 Å². The van der Waals surface area contributed by atoms with Crippen LogP contribution in [-0.2, 0) is 24.8 Å². The lowest BCUT2D eigenvalue weighted by atomic mass is 9.99. The number of nitrogens with one attached hydrogen (secondary N) is 1. The van der Waals surface area contributed by atoms with Crippen molar-refractivity contribution in [3.8, 4) is 0 Å². The highest BCUT2D eigenvalue weighted by Crippen LogP contribution is 2.28. The van der Waals surface area contributed by atoms with E-state index >= 15 is 0 Å². The highest BCUT2D eigenvalue weighted by molar-refractivity contribution is 6.01. The molecule has 0 bridgehead atoms. The maximum atomic E-state index is 13.8. The summed E-state index contributed by atoms with van der Waals surface area (Å²) in [4.78, 5) is 33.6. The molecule has 0 aliphatic carbocycles. The van der Waals surface area contributed by atoms with Gasteiger partial charge in [-0.25, -0.2) is 4.98 Å². The summed E-state index contributed by atoms with van der Waals surface area (Å²) in [7, 11) is 1.98. The van der Waals surface area contributed by atoms with Crippen molar-refractivity contribution in [3.63, 3.8) is 0 Å². The van der Waals surface area contributed by atoms with Crippen LogP contribution < -0.4 is 5.32 Å². The smallest absolute Gasteiger partial charge is 0.255 e. The molecule has 0 radical (unpaired) electrons. The van der Waals surface area contributed by atoms with Crippen LogP contribution in [0.3, 0.4) is 0 Å². The molecule has 0 fully saturated rings. The first-order valence-electron chi connectivity index (χ1n) is 12.1. The van der Waals surface area contributed by atoms with Crippen molar-refractivity contribution in [1.29, 1.82) is 0 Å². The first-order chi connectivity index (χ1) is 16.9. The third-order valence-corrected chi connectivity index (χ3v) is 6.82. The fourth-order valence-electron chi connectivity index (χ4n) is 5.10. The number of rotatable bonds is 7. The summed E-state index contributed by atoms with van der Waals surface area (Å²) in [6.07, 6.45) is 0.600. The second-order valence-corrected chi connectivity index (χ2v) is 9.55. The number of amides is 2. The van der Waals surface area contributed by atoms with Crippen molar-refractivity contribution < 1.29 is 9.59 Å². The lowest BCUT2D eigenvalue weighted by Gasteiger charge is -2.31. The van der Waals surface area contributed by atoms with Crippen LogP contribution >= 0.6 is 0 Å². The molecule has 2 heterocycles. The van der Waals surface area contributed by atoms with Gasteiger partial charge in [-0.15, -0.1) is 0 Å². The molecule has 0 unspecified atom stereocenters. The molecule has 4 aromatic rings. The summed E-state index contributed by atoms with van der Waals surface area (Å²) in [5.41, 5.74) is 4.66. The molecular formula is C29H30N4O2. The number of hydrogen-bond acceptors (Lipinski definition) is 3. The van der Waals surface area contributed by atoms with Crippen LogP contribution in [0, 0.1) is 5.92 Å². The third-order valence-electron chi connectivity index (χ3n) is 6.82. The Balaban J connectivity index is 1.47. The van der Waals surface area contributed by atoms with Gasteiger partial charge in [0.25, 0.3) is 5.91 Å². The standard InChI is InChI=1S/C29H30N4O2/c1-19(2)26(33-18-21-13-7-8-14-22(21)29(33)35)28(34)31-24(17-20-11-5-4-6-12-20)27-30-23-15-9-10-16-25(23)32(27)3/h4-16,19,24,26H,17-18H2,1-3H3,(H,31,34)/t24-,26-/m1/s1. The van der Waals surface area contributed by atoms with E-state index in [0.717, 1.165) is 28.0 Å². The Morgan fingerprint density at radius 3 is 2.37 bits per heavy atom. The molecule has 0 saturated heterocycles. The Labute approximate surface area is 205 Å². The van der Waals surface area contributed by atoms with E-state index in [1.54, 1.807) is 4.90 Å². The van der Waals surface area contributed by atoms with E-state index in [1.165, 1.54) is 0 Å². The molecule has 0 spiro atoms. The Bertz CT molecular complexity index is 1380. The number of benzene rings is 3. The maximum absolute atomic E-state index is 13.8. The first-order valence-corrected chi connectivity index (χ1v) is 12.1. The van der Waals surface area contributed by atoms with Gasteiger partial charge in [-0.05, 0) is 41.7 Å². The first kappa shape index (κ1) is 22.8. The van der Waals surface area contributed by atoms with Crippen molar-refractivity contribution in [2.45, 2.75) is 38.9 Å². The van der Waals surface area contributed by atoms with Crippen molar-refractivity contribution in [2.24, 2.45) is 13.0 Å². The molecule has 1 aliphatic heterocycles. The average molecular weight is 467 g/mol. The van der Waals surface area contributed by atoms with Gasteiger partial charge in [-0.3, -0.25) is 9.59 Å². The van der Waals surface area contributed by atoms with Crippen LogP contribution in [0.1, 0.15) is 47.2 Å². The largest absolute Gasteiger partial charge is 0.344 e. The van der Waals surface area contributed by atoms with Gasteiger partial charge in [-0.2, -0.15) is 0 Å². The second-order valence-electron chi connectivity index (χ2n) is 9.55. The van der Waals surface area contributed by atoms with Crippen LogP contribution in [0.5, 0.6) is 0 Å². The summed E-state index contributed by atoms with van der Waals surface area (Å²) in [6.45, 7) is 4.42. The number of para-hydroxylation sites is 2. The molecule has 1 aliphatic rings. The zero-order valence-corrected chi connectivity index (χ0v) is 20.3.